The monoisotopic (exact) mass is 313 g/mol. The van der Waals surface area contributed by atoms with Crippen molar-refractivity contribution in [2.24, 2.45) is 0 Å². The summed E-state index contributed by atoms with van der Waals surface area (Å²) in [5.41, 5.74) is 1.03. The average molecular weight is 313 g/mol. The highest BCUT2D eigenvalue weighted by Crippen LogP contribution is 2.27. The smallest absolute Gasteiger partial charge is 0.258 e. The fraction of sp³-hybridized carbons (Fsp3) is 0.353. The van der Waals surface area contributed by atoms with E-state index in [-0.39, 0.29) is 24.7 Å². The molecule has 2 aromatic rings. The number of hydrogen-bond donors (Lipinski definition) is 1. The molecule has 1 amide bonds. The fourth-order valence-electron chi connectivity index (χ4n) is 2.64. The van der Waals surface area contributed by atoms with Crippen LogP contribution in [0.15, 0.2) is 49.1 Å². The number of amides is 1. The van der Waals surface area contributed by atoms with E-state index in [1.165, 1.54) is 0 Å². The van der Waals surface area contributed by atoms with E-state index in [0.717, 1.165) is 18.4 Å². The van der Waals surface area contributed by atoms with Crippen LogP contribution in [0.2, 0.25) is 0 Å². The largest absolute Gasteiger partial charge is 0.482 e. The van der Waals surface area contributed by atoms with Gasteiger partial charge in [0.15, 0.2) is 6.61 Å². The second kappa shape index (κ2) is 7.69. The first-order valence-corrected chi connectivity index (χ1v) is 7.66. The quantitative estimate of drug-likeness (QED) is 0.912. The van der Waals surface area contributed by atoms with Gasteiger partial charge in [0.25, 0.3) is 5.91 Å². The Bertz CT molecular complexity index is 621. The molecule has 0 aromatic carbocycles. The predicted octanol–water partition coefficient (Wildman–Crippen LogP) is 1.89. The fourth-order valence-corrected chi connectivity index (χ4v) is 2.64. The molecule has 2 atom stereocenters. The van der Waals surface area contributed by atoms with Gasteiger partial charge in [0.2, 0.25) is 0 Å². The van der Waals surface area contributed by atoms with Crippen LogP contribution in [-0.4, -0.2) is 35.1 Å². The molecule has 3 rings (SSSR count). The number of nitrogens with one attached hydrogen (secondary N) is 1. The SMILES string of the molecule is O=C(COc1cccnc1)N[C@H]1CCCO[C@@H]1c1ccncc1. The van der Waals surface area contributed by atoms with E-state index in [0.29, 0.717) is 12.4 Å². The Balaban J connectivity index is 1.57. The third-order valence-corrected chi connectivity index (χ3v) is 3.71. The van der Waals surface area contributed by atoms with Crippen molar-refractivity contribution in [2.75, 3.05) is 13.2 Å². The van der Waals surface area contributed by atoms with Gasteiger partial charge in [-0.05, 0) is 42.7 Å². The maximum Gasteiger partial charge on any atom is 0.258 e. The first-order valence-electron chi connectivity index (χ1n) is 7.66. The first kappa shape index (κ1) is 15.4. The molecule has 0 radical (unpaired) electrons. The van der Waals surface area contributed by atoms with Crippen LogP contribution in [-0.2, 0) is 9.53 Å². The molecule has 1 saturated heterocycles. The zero-order valence-corrected chi connectivity index (χ0v) is 12.7. The molecule has 0 saturated carbocycles. The molecule has 3 heterocycles. The molecule has 2 aromatic heterocycles. The van der Waals surface area contributed by atoms with E-state index in [4.69, 9.17) is 9.47 Å². The van der Waals surface area contributed by atoms with Gasteiger partial charge in [-0.3, -0.25) is 14.8 Å². The topological polar surface area (TPSA) is 73.3 Å². The summed E-state index contributed by atoms with van der Waals surface area (Å²) in [5.74, 6) is 0.414. The van der Waals surface area contributed by atoms with Crippen LogP contribution in [0, 0.1) is 0 Å². The number of hydrogen-bond acceptors (Lipinski definition) is 5. The van der Waals surface area contributed by atoms with Gasteiger partial charge >= 0.3 is 0 Å². The predicted molar refractivity (Wildman–Crippen MR) is 83.8 cm³/mol. The molecule has 0 aliphatic carbocycles. The van der Waals surface area contributed by atoms with Gasteiger partial charge in [0, 0.05) is 25.2 Å². The summed E-state index contributed by atoms with van der Waals surface area (Å²) in [5, 5.41) is 3.01. The lowest BCUT2D eigenvalue weighted by atomic mass is 9.96. The Morgan fingerprint density at radius 3 is 2.91 bits per heavy atom. The van der Waals surface area contributed by atoms with E-state index < -0.39 is 0 Å². The number of carbonyl (C=O) groups excluding carboxylic acids is 1. The number of aromatic nitrogens is 2. The second-order valence-corrected chi connectivity index (χ2v) is 5.37. The maximum absolute atomic E-state index is 12.1. The molecule has 1 aliphatic heterocycles. The summed E-state index contributed by atoms with van der Waals surface area (Å²) < 4.78 is 11.3. The minimum Gasteiger partial charge on any atom is -0.482 e. The molecule has 1 aliphatic rings. The van der Waals surface area contributed by atoms with Crippen LogP contribution in [0.1, 0.15) is 24.5 Å². The molecule has 1 N–H and O–H groups in total. The lowest BCUT2D eigenvalue weighted by Gasteiger charge is -2.32. The number of carbonyl (C=O) groups is 1. The summed E-state index contributed by atoms with van der Waals surface area (Å²) in [6, 6.07) is 7.31. The van der Waals surface area contributed by atoms with Crippen LogP contribution >= 0.6 is 0 Å². The van der Waals surface area contributed by atoms with Crippen molar-refractivity contribution < 1.29 is 14.3 Å². The van der Waals surface area contributed by atoms with E-state index >= 15 is 0 Å². The molecule has 23 heavy (non-hydrogen) atoms. The van der Waals surface area contributed by atoms with Gasteiger partial charge in [-0.2, -0.15) is 0 Å². The van der Waals surface area contributed by atoms with Gasteiger partial charge in [-0.15, -0.1) is 0 Å². The third-order valence-electron chi connectivity index (χ3n) is 3.71. The van der Waals surface area contributed by atoms with Crippen LogP contribution in [0.5, 0.6) is 5.75 Å². The van der Waals surface area contributed by atoms with Crippen molar-refractivity contribution in [2.45, 2.75) is 25.0 Å². The summed E-state index contributed by atoms with van der Waals surface area (Å²) in [6.07, 6.45) is 8.37. The molecule has 0 unspecified atom stereocenters. The molecular formula is C17H19N3O3. The highest BCUT2D eigenvalue weighted by molar-refractivity contribution is 5.78. The van der Waals surface area contributed by atoms with E-state index in [1.54, 1.807) is 36.9 Å². The molecular weight excluding hydrogens is 294 g/mol. The van der Waals surface area contributed by atoms with Crippen molar-refractivity contribution in [3.63, 3.8) is 0 Å². The second-order valence-electron chi connectivity index (χ2n) is 5.37. The average Bonchev–Trinajstić information content (AvgIpc) is 2.62. The Morgan fingerprint density at radius 2 is 2.13 bits per heavy atom. The van der Waals surface area contributed by atoms with Crippen LogP contribution in [0.25, 0.3) is 0 Å². The Morgan fingerprint density at radius 1 is 1.26 bits per heavy atom. The van der Waals surface area contributed by atoms with Crippen molar-refractivity contribution in [3.8, 4) is 5.75 Å². The molecule has 6 nitrogen and oxygen atoms in total. The van der Waals surface area contributed by atoms with E-state index in [9.17, 15) is 4.79 Å². The normalized spacial score (nSPS) is 20.7. The summed E-state index contributed by atoms with van der Waals surface area (Å²) >= 11 is 0. The van der Waals surface area contributed by atoms with E-state index in [2.05, 4.69) is 15.3 Å². The first-order chi connectivity index (χ1) is 11.3. The zero-order valence-electron chi connectivity index (χ0n) is 12.7. The molecule has 0 bridgehead atoms. The zero-order chi connectivity index (χ0) is 15.9. The van der Waals surface area contributed by atoms with Gasteiger partial charge in [-0.25, -0.2) is 0 Å². The molecule has 120 valence electrons. The highest BCUT2D eigenvalue weighted by Gasteiger charge is 2.28. The Hall–Kier alpha value is -2.47. The maximum atomic E-state index is 12.1. The number of pyridine rings is 2. The summed E-state index contributed by atoms with van der Waals surface area (Å²) in [7, 11) is 0. The summed E-state index contributed by atoms with van der Waals surface area (Å²) in [4.78, 5) is 20.1. The van der Waals surface area contributed by atoms with Gasteiger partial charge in [0.05, 0.1) is 12.2 Å². The minimum absolute atomic E-state index is 0.0364. The molecule has 6 heteroatoms. The lowest BCUT2D eigenvalue weighted by Crippen LogP contribution is -2.44. The standard InChI is InChI=1S/C17H19N3O3/c21-16(12-23-14-3-1-7-19-11-14)20-15-4-2-10-22-17(15)13-5-8-18-9-6-13/h1,3,5-9,11,15,17H,2,4,10,12H2,(H,20,21)/t15-,17+/m0/s1. The number of rotatable bonds is 5. The van der Waals surface area contributed by atoms with Crippen molar-refractivity contribution in [1.29, 1.82) is 0 Å². The minimum atomic E-state index is -0.164. The van der Waals surface area contributed by atoms with Crippen molar-refractivity contribution >= 4 is 5.91 Å². The number of nitrogens with zero attached hydrogens (tertiary/aromatic N) is 2. The highest BCUT2D eigenvalue weighted by atomic mass is 16.5. The van der Waals surface area contributed by atoms with Crippen LogP contribution < -0.4 is 10.1 Å². The van der Waals surface area contributed by atoms with Gasteiger partial charge in [0.1, 0.15) is 11.9 Å². The Labute approximate surface area is 134 Å². The molecule has 0 spiro atoms. The number of ether oxygens (including phenoxy) is 2. The van der Waals surface area contributed by atoms with Crippen molar-refractivity contribution in [1.82, 2.24) is 15.3 Å². The van der Waals surface area contributed by atoms with Crippen molar-refractivity contribution in [3.05, 3.63) is 54.6 Å². The lowest BCUT2D eigenvalue weighted by molar-refractivity contribution is -0.126. The Kier molecular flexibility index (Phi) is 5.16. The van der Waals surface area contributed by atoms with Crippen LogP contribution in [0.3, 0.4) is 0 Å². The van der Waals surface area contributed by atoms with E-state index in [1.807, 2.05) is 12.1 Å². The summed E-state index contributed by atoms with van der Waals surface area (Å²) in [6.45, 7) is 0.663. The van der Waals surface area contributed by atoms with Gasteiger partial charge in [-0.1, -0.05) is 0 Å². The van der Waals surface area contributed by atoms with Crippen LogP contribution in [0.4, 0.5) is 0 Å². The van der Waals surface area contributed by atoms with Gasteiger partial charge < -0.3 is 14.8 Å². The third kappa shape index (κ3) is 4.26. The molecule has 1 fully saturated rings.